The number of hydrogen-bond donors (Lipinski definition) is 1. The Morgan fingerprint density at radius 3 is 2.62 bits per heavy atom. The molecule has 0 aliphatic carbocycles. The number of rotatable bonds is 4. The maximum atomic E-state index is 13.0. The number of tetrazole rings is 1. The van der Waals surface area contributed by atoms with E-state index in [0.29, 0.717) is 22.1 Å². The van der Waals surface area contributed by atoms with Crippen LogP contribution in [0.2, 0.25) is 10.0 Å². The Morgan fingerprint density at radius 2 is 1.92 bits per heavy atom. The average Bonchev–Trinajstić information content (AvgIpc) is 3.02. The van der Waals surface area contributed by atoms with Gasteiger partial charge in [-0.3, -0.25) is 4.79 Å². The summed E-state index contributed by atoms with van der Waals surface area (Å²) in [6.45, 7) is 0.0716. The average molecular weight is 366 g/mol. The molecule has 0 saturated heterocycles. The number of carbonyl (C=O) groups is 1. The third-order valence-corrected chi connectivity index (χ3v) is 3.74. The van der Waals surface area contributed by atoms with Gasteiger partial charge in [-0.15, -0.1) is 5.10 Å². The van der Waals surface area contributed by atoms with E-state index in [-0.39, 0.29) is 23.3 Å². The molecular weight excluding hydrogens is 356 g/mol. The zero-order valence-corrected chi connectivity index (χ0v) is 13.6. The Hall–Kier alpha value is -2.51. The highest BCUT2D eigenvalue weighted by Crippen LogP contribution is 2.20. The van der Waals surface area contributed by atoms with Gasteiger partial charge in [-0.05, 0) is 52.9 Å². The summed E-state index contributed by atoms with van der Waals surface area (Å²) >= 11 is 11.8. The van der Waals surface area contributed by atoms with Gasteiger partial charge >= 0.3 is 0 Å². The second-order valence-corrected chi connectivity index (χ2v) is 5.63. The van der Waals surface area contributed by atoms with E-state index in [9.17, 15) is 9.18 Å². The van der Waals surface area contributed by atoms with Crippen LogP contribution >= 0.6 is 23.2 Å². The first-order valence-corrected chi connectivity index (χ1v) is 7.56. The SMILES string of the molecule is O=C(NCc1nnnn1-c1ccc(F)cc1)c1ccc(Cl)cc1Cl. The smallest absolute Gasteiger partial charge is 0.253 e. The first-order valence-electron chi connectivity index (χ1n) is 6.81. The molecule has 122 valence electrons. The van der Waals surface area contributed by atoms with Crippen molar-refractivity contribution in [3.8, 4) is 5.69 Å². The second kappa shape index (κ2) is 6.94. The second-order valence-electron chi connectivity index (χ2n) is 4.79. The van der Waals surface area contributed by atoms with Crippen molar-refractivity contribution in [1.82, 2.24) is 25.5 Å². The summed E-state index contributed by atoms with van der Waals surface area (Å²) in [5, 5.41) is 14.6. The fourth-order valence-electron chi connectivity index (χ4n) is 2.03. The van der Waals surface area contributed by atoms with E-state index in [1.807, 2.05) is 0 Å². The topological polar surface area (TPSA) is 72.7 Å². The van der Waals surface area contributed by atoms with Crippen LogP contribution < -0.4 is 5.32 Å². The van der Waals surface area contributed by atoms with E-state index in [1.54, 1.807) is 6.07 Å². The van der Waals surface area contributed by atoms with Crippen molar-refractivity contribution in [2.75, 3.05) is 0 Å². The number of nitrogens with one attached hydrogen (secondary N) is 1. The Morgan fingerprint density at radius 1 is 1.17 bits per heavy atom. The maximum absolute atomic E-state index is 13.0. The summed E-state index contributed by atoms with van der Waals surface area (Å²) < 4.78 is 14.4. The molecule has 24 heavy (non-hydrogen) atoms. The summed E-state index contributed by atoms with van der Waals surface area (Å²) in [5.41, 5.74) is 0.872. The Balaban J connectivity index is 1.75. The van der Waals surface area contributed by atoms with E-state index in [0.717, 1.165) is 0 Å². The molecular formula is C15H10Cl2FN5O. The lowest BCUT2D eigenvalue weighted by atomic mass is 10.2. The number of benzene rings is 2. The highest BCUT2D eigenvalue weighted by Gasteiger charge is 2.13. The lowest BCUT2D eigenvalue weighted by Crippen LogP contribution is -2.25. The molecule has 0 aliphatic heterocycles. The van der Waals surface area contributed by atoms with Crippen LogP contribution in [0.4, 0.5) is 4.39 Å². The molecule has 3 aromatic rings. The number of nitrogens with zero attached hydrogens (tertiary/aromatic N) is 4. The van der Waals surface area contributed by atoms with Crippen LogP contribution in [0.1, 0.15) is 16.2 Å². The van der Waals surface area contributed by atoms with E-state index < -0.39 is 0 Å². The molecule has 1 heterocycles. The minimum Gasteiger partial charge on any atom is -0.345 e. The molecule has 0 atom stereocenters. The summed E-state index contributed by atoms with van der Waals surface area (Å²) in [6, 6.07) is 10.3. The van der Waals surface area contributed by atoms with Crippen LogP contribution in [-0.4, -0.2) is 26.1 Å². The van der Waals surface area contributed by atoms with Gasteiger partial charge in [0.25, 0.3) is 5.91 Å². The molecule has 1 aromatic heterocycles. The van der Waals surface area contributed by atoms with Gasteiger partial charge in [0.2, 0.25) is 0 Å². The van der Waals surface area contributed by atoms with Crippen molar-refractivity contribution in [2.45, 2.75) is 6.54 Å². The van der Waals surface area contributed by atoms with Gasteiger partial charge in [0, 0.05) is 5.02 Å². The van der Waals surface area contributed by atoms with Crippen molar-refractivity contribution in [2.24, 2.45) is 0 Å². The van der Waals surface area contributed by atoms with E-state index in [2.05, 4.69) is 20.8 Å². The molecule has 0 radical (unpaired) electrons. The van der Waals surface area contributed by atoms with Crippen LogP contribution in [0.15, 0.2) is 42.5 Å². The molecule has 0 bridgehead atoms. The number of aromatic nitrogens is 4. The minimum absolute atomic E-state index is 0.0716. The standard InChI is InChI=1S/C15H10Cl2FN5O/c16-9-1-6-12(13(17)7-9)15(24)19-8-14-20-21-22-23(14)11-4-2-10(18)3-5-11/h1-7H,8H2,(H,19,24). The first kappa shape index (κ1) is 16.4. The molecule has 0 unspecified atom stereocenters. The predicted molar refractivity (Wildman–Crippen MR) is 86.7 cm³/mol. The van der Waals surface area contributed by atoms with Crippen molar-refractivity contribution >= 4 is 29.1 Å². The van der Waals surface area contributed by atoms with Crippen LogP contribution in [0.5, 0.6) is 0 Å². The summed E-state index contributed by atoms with van der Waals surface area (Å²) in [4.78, 5) is 12.2. The van der Waals surface area contributed by atoms with Gasteiger partial charge in [0.05, 0.1) is 22.8 Å². The van der Waals surface area contributed by atoms with Crippen molar-refractivity contribution in [1.29, 1.82) is 0 Å². The van der Waals surface area contributed by atoms with Gasteiger partial charge in [-0.2, -0.15) is 4.68 Å². The monoisotopic (exact) mass is 365 g/mol. The quantitative estimate of drug-likeness (QED) is 0.771. The van der Waals surface area contributed by atoms with Crippen molar-refractivity contribution in [3.63, 3.8) is 0 Å². The summed E-state index contributed by atoms with van der Waals surface area (Å²) in [6.07, 6.45) is 0. The highest BCUT2D eigenvalue weighted by molar-refractivity contribution is 6.36. The number of halogens is 3. The number of hydrogen-bond acceptors (Lipinski definition) is 4. The lowest BCUT2D eigenvalue weighted by Gasteiger charge is -2.08. The zero-order valence-electron chi connectivity index (χ0n) is 12.1. The zero-order chi connectivity index (χ0) is 17.1. The predicted octanol–water partition coefficient (Wildman–Crippen LogP) is 3.04. The minimum atomic E-state index is -0.384. The molecule has 0 saturated carbocycles. The molecule has 3 rings (SSSR count). The van der Waals surface area contributed by atoms with Crippen LogP contribution in [-0.2, 0) is 6.54 Å². The molecule has 6 nitrogen and oxygen atoms in total. The molecule has 1 N–H and O–H groups in total. The normalized spacial score (nSPS) is 10.6. The first-order chi connectivity index (χ1) is 11.5. The fourth-order valence-corrected chi connectivity index (χ4v) is 2.52. The van der Waals surface area contributed by atoms with E-state index in [1.165, 1.54) is 41.1 Å². The van der Waals surface area contributed by atoms with E-state index in [4.69, 9.17) is 23.2 Å². The summed E-state index contributed by atoms with van der Waals surface area (Å²) in [5.74, 6) is -0.357. The molecule has 0 fully saturated rings. The molecule has 1 amide bonds. The van der Waals surface area contributed by atoms with Crippen molar-refractivity contribution in [3.05, 3.63) is 69.7 Å². The van der Waals surface area contributed by atoms with Crippen molar-refractivity contribution < 1.29 is 9.18 Å². The number of carbonyl (C=O) groups excluding carboxylic acids is 1. The third kappa shape index (κ3) is 3.52. The molecule has 0 spiro atoms. The Kier molecular flexibility index (Phi) is 4.73. The van der Waals surface area contributed by atoms with E-state index >= 15 is 0 Å². The molecule has 0 aliphatic rings. The number of amides is 1. The maximum Gasteiger partial charge on any atom is 0.253 e. The third-order valence-electron chi connectivity index (χ3n) is 3.19. The Bertz CT molecular complexity index is 882. The summed E-state index contributed by atoms with van der Waals surface area (Å²) in [7, 11) is 0. The van der Waals surface area contributed by atoms with Gasteiger partial charge in [-0.1, -0.05) is 23.2 Å². The fraction of sp³-hybridized carbons (Fsp3) is 0.0667. The largest absolute Gasteiger partial charge is 0.345 e. The lowest BCUT2D eigenvalue weighted by molar-refractivity contribution is 0.0950. The van der Waals surface area contributed by atoms with Gasteiger partial charge < -0.3 is 5.32 Å². The molecule has 9 heteroatoms. The van der Waals surface area contributed by atoms with Crippen LogP contribution in [0.3, 0.4) is 0 Å². The van der Waals surface area contributed by atoms with Gasteiger partial charge in [0.15, 0.2) is 5.82 Å². The van der Waals surface area contributed by atoms with Crippen LogP contribution in [0.25, 0.3) is 5.69 Å². The molecule has 2 aromatic carbocycles. The van der Waals surface area contributed by atoms with Gasteiger partial charge in [-0.25, -0.2) is 4.39 Å². The van der Waals surface area contributed by atoms with Crippen LogP contribution in [0, 0.1) is 5.82 Å². The Labute approximate surface area is 146 Å². The highest BCUT2D eigenvalue weighted by atomic mass is 35.5. The van der Waals surface area contributed by atoms with Gasteiger partial charge in [0.1, 0.15) is 5.82 Å².